The van der Waals surface area contributed by atoms with Gasteiger partial charge in [0.25, 0.3) is 0 Å². The van der Waals surface area contributed by atoms with Gasteiger partial charge in [-0.1, -0.05) is 12.1 Å². The van der Waals surface area contributed by atoms with E-state index in [9.17, 15) is 18.0 Å². The second kappa shape index (κ2) is 9.23. The van der Waals surface area contributed by atoms with E-state index in [-0.39, 0.29) is 10.7 Å². The average Bonchev–Trinajstić information content (AvgIpc) is 2.77. The summed E-state index contributed by atoms with van der Waals surface area (Å²) in [6, 6.07) is 13.8. The van der Waals surface area contributed by atoms with Gasteiger partial charge in [0.15, 0.2) is 5.78 Å². The fraction of sp³-hybridized carbons (Fsp3) is 0.273. The summed E-state index contributed by atoms with van der Waals surface area (Å²) in [5.74, 6) is -0.489. The summed E-state index contributed by atoms with van der Waals surface area (Å²) in [6.45, 7) is 3.36. The minimum Gasteiger partial charge on any atom is -0.466 e. The van der Waals surface area contributed by atoms with Gasteiger partial charge in [-0.15, -0.1) is 0 Å². The van der Waals surface area contributed by atoms with Gasteiger partial charge in [0.2, 0.25) is 10.0 Å². The molecule has 0 atom stereocenters. The molecule has 0 amide bonds. The van der Waals surface area contributed by atoms with E-state index < -0.39 is 16.0 Å². The van der Waals surface area contributed by atoms with E-state index in [1.807, 2.05) is 12.1 Å². The molecule has 0 bridgehead atoms. The fourth-order valence-electron chi connectivity index (χ4n) is 3.25. The van der Waals surface area contributed by atoms with Crippen LogP contribution in [-0.2, 0) is 19.6 Å². The topological polar surface area (TPSA) is 84.0 Å². The van der Waals surface area contributed by atoms with E-state index in [2.05, 4.69) is 9.64 Å². The average molecular weight is 429 g/mol. The van der Waals surface area contributed by atoms with Crippen LogP contribution in [0.1, 0.15) is 22.8 Å². The lowest BCUT2D eigenvalue weighted by molar-refractivity contribution is -0.134. The smallest absolute Gasteiger partial charge is 0.330 e. The molecule has 0 spiro atoms. The maximum Gasteiger partial charge on any atom is 0.330 e. The molecule has 1 fully saturated rings. The van der Waals surface area contributed by atoms with Crippen LogP contribution in [-0.4, -0.2) is 57.8 Å². The van der Waals surface area contributed by atoms with Crippen LogP contribution in [0.2, 0.25) is 0 Å². The number of ketones is 1. The van der Waals surface area contributed by atoms with Crippen molar-refractivity contribution in [3.05, 3.63) is 65.7 Å². The Bertz CT molecular complexity index is 1050. The van der Waals surface area contributed by atoms with Gasteiger partial charge in [0.1, 0.15) is 0 Å². The van der Waals surface area contributed by atoms with Crippen LogP contribution in [0, 0.1) is 0 Å². The zero-order chi connectivity index (χ0) is 21.7. The highest BCUT2D eigenvalue weighted by molar-refractivity contribution is 7.89. The molecule has 0 radical (unpaired) electrons. The summed E-state index contributed by atoms with van der Waals surface area (Å²) in [6.07, 6.45) is 2.77. The number of sulfonamides is 1. The highest BCUT2D eigenvalue weighted by Gasteiger charge is 2.28. The summed E-state index contributed by atoms with van der Waals surface area (Å²) in [4.78, 5) is 25.0. The van der Waals surface area contributed by atoms with Crippen molar-refractivity contribution in [3.8, 4) is 0 Å². The van der Waals surface area contributed by atoms with Gasteiger partial charge in [-0.2, -0.15) is 4.31 Å². The Morgan fingerprint density at radius 1 is 1.00 bits per heavy atom. The molecule has 1 saturated heterocycles. The number of benzene rings is 2. The second-order valence-corrected chi connectivity index (χ2v) is 8.86. The van der Waals surface area contributed by atoms with Crippen molar-refractivity contribution in [2.75, 3.05) is 38.2 Å². The first-order chi connectivity index (χ1) is 14.3. The largest absolute Gasteiger partial charge is 0.466 e. The number of rotatable bonds is 6. The molecule has 30 heavy (non-hydrogen) atoms. The molecule has 158 valence electrons. The third-order valence-electron chi connectivity index (χ3n) is 4.99. The summed E-state index contributed by atoms with van der Waals surface area (Å²) in [5, 5.41) is 0. The van der Waals surface area contributed by atoms with Gasteiger partial charge in [-0.05, 0) is 55.0 Å². The highest BCUT2D eigenvalue weighted by Crippen LogP contribution is 2.22. The SMILES string of the molecule is COC(=O)C=Cc1cccc(S(=O)(=O)N2CCN(c3ccc(C(C)=O)cc3)CC2)c1. The quantitative estimate of drug-likeness (QED) is 0.400. The highest BCUT2D eigenvalue weighted by atomic mass is 32.2. The first-order valence-electron chi connectivity index (χ1n) is 9.53. The van der Waals surface area contributed by atoms with Gasteiger partial charge in [0, 0.05) is 43.5 Å². The van der Waals surface area contributed by atoms with E-state index in [0.717, 1.165) is 5.69 Å². The van der Waals surface area contributed by atoms with Crippen LogP contribution in [0.4, 0.5) is 5.69 Å². The number of esters is 1. The lowest BCUT2D eigenvalue weighted by atomic mass is 10.1. The minimum absolute atomic E-state index is 0.0149. The molecule has 0 aromatic heterocycles. The van der Waals surface area contributed by atoms with Crippen molar-refractivity contribution < 1.29 is 22.7 Å². The number of anilines is 1. The molecule has 0 unspecified atom stereocenters. The van der Waals surface area contributed by atoms with E-state index in [4.69, 9.17) is 0 Å². The van der Waals surface area contributed by atoms with Crippen LogP contribution in [0.25, 0.3) is 6.08 Å². The Kier molecular flexibility index (Phi) is 6.69. The predicted octanol–water partition coefficient (Wildman–Crippen LogP) is 2.59. The van der Waals surface area contributed by atoms with Gasteiger partial charge < -0.3 is 9.64 Å². The number of carbonyl (C=O) groups excluding carboxylic acids is 2. The number of ether oxygens (including phenoxy) is 1. The Morgan fingerprint density at radius 2 is 1.67 bits per heavy atom. The zero-order valence-corrected chi connectivity index (χ0v) is 17.8. The number of carbonyl (C=O) groups is 2. The molecule has 0 N–H and O–H groups in total. The van der Waals surface area contributed by atoms with Crippen LogP contribution < -0.4 is 4.90 Å². The van der Waals surface area contributed by atoms with Crippen molar-refractivity contribution in [2.45, 2.75) is 11.8 Å². The first-order valence-corrected chi connectivity index (χ1v) is 11.0. The van der Waals surface area contributed by atoms with E-state index >= 15 is 0 Å². The van der Waals surface area contributed by atoms with Crippen LogP contribution in [0.15, 0.2) is 59.5 Å². The Labute approximate surface area is 176 Å². The molecule has 1 heterocycles. The van der Waals surface area contributed by atoms with Gasteiger partial charge in [0.05, 0.1) is 12.0 Å². The van der Waals surface area contributed by atoms with Gasteiger partial charge in [-0.25, -0.2) is 13.2 Å². The summed E-state index contributed by atoms with van der Waals surface area (Å²) < 4.78 is 32.1. The molecule has 7 nitrogen and oxygen atoms in total. The third-order valence-corrected chi connectivity index (χ3v) is 6.88. The molecule has 0 aliphatic carbocycles. The van der Waals surface area contributed by atoms with E-state index in [1.165, 1.54) is 30.5 Å². The van der Waals surface area contributed by atoms with E-state index in [1.54, 1.807) is 36.4 Å². The monoisotopic (exact) mass is 428 g/mol. The second-order valence-electron chi connectivity index (χ2n) is 6.92. The lowest BCUT2D eigenvalue weighted by Crippen LogP contribution is -2.48. The summed E-state index contributed by atoms with van der Waals surface area (Å²) in [7, 11) is -2.36. The predicted molar refractivity (Wildman–Crippen MR) is 115 cm³/mol. The maximum absolute atomic E-state index is 13.1. The molecular weight excluding hydrogens is 404 g/mol. The van der Waals surface area contributed by atoms with Crippen molar-refractivity contribution in [2.24, 2.45) is 0 Å². The van der Waals surface area contributed by atoms with Gasteiger partial charge >= 0.3 is 5.97 Å². The van der Waals surface area contributed by atoms with Crippen molar-refractivity contribution in [1.29, 1.82) is 0 Å². The number of methoxy groups -OCH3 is 1. The Balaban J connectivity index is 1.69. The minimum atomic E-state index is -3.64. The van der Waals surface area contributed by atoms with Crippen molar-refractivity contribution >= 4 is 33.5 Å². The number of hydrogen-bond acceptors (Lipinski definition) is 6. The number of nitrogens with zero attached hydrogens (tertiary/aromatic N) is 2. The molecule has 8 heteroatoms. The number of Topliss-reactive ketones (excluding diaryl/α,β-unsaturated/α-hetero) is 1. The molecule has 0 saturated carbocycles. The lowest BCUT2D eigenvalue weighted by Gasteiger charge is -2.35. The summed E-state index contributed by atoms with van der Waals surface area (Å²) >= 11 is 0. The number of hydrogen-bond donors (Lipinski definition) is 0. The van der Waals surface area contributed by atoms with Crippen LogP contribution >= 0.6 is 0 Å². The standard InChI is InChI=1S/C22H24N2O5S/c1-17(25)19-7-9-20(10-8-19)23-12-14-24(15-13-23)30(27,28)21-5-3-4-18(16-21)6-11-22(26)29-2/h3-11,16H,12-15H2,1-2H3. The first kappa shape index (κ1) is 21.7. The number of piperazine rings is 1. The summed E-state index contributed by atoms with van der Waals surface area (Å²) in [5.41, 5.74) is 2.22. The Hall–Kier alpha value is -2.97. The normalized spacial score (nSPS) is 15.3. The zero-order valence-electron chi connectivity index (χ0n) is 16.9. The van der Waals surface area contributed by atoms with Crippen LogP contribution in [0.5, 0.6) is 0 Å². The molecule has 2 aromatic rings. The molecule has 1 aliphatic heterocycles. The van der Waals surface area contributed by atoms with Crippen molar-refractivity contribution in [3.63, 3.8) is 0 Å². The fourth-order valence-corrected chi connectivity index (χ4v) is 4.73. The van der Waals surface area contributed by atoms with E-state index in [0.29, 0.717) is 37.3 Å². The third kappa shape index (κ3) is 4.95. The molecule has 3 rings (SSSR count). The molecule has 2 aromatic carbocycles. The maximum atomic E-state index is 13.1. The molecule has 1 aliphatic rings. The van der Waals surface area contributed by atoms with Crippen LogP contribution in [0.3, 0.4) is 0 Å². The Morgan fingerprint density at radius 3 is 2.27 bits per heavy atom. The van der Waals surface area contributed by atoms with Crippen molar-refractivity contribution in [1.82, 2.24) is 4.31 Å². The molecular formula is C22H24N2O5S. The van der Waals surface area contributed by atoms with Gasteiger partial charge in [-0.3, -0.25) is 4.79 Å².